The lowest BCUT2D eigenvalue weighted by Crippen LogP contribution is -2.49. The molecule has 2 aromatic carbocycles. The van der Waals surface area contributed by atoms with Gasteiger partial charge in [0.2, 0.25) is 0 Å². The Hall–Kier alpha value is -3.44. The minimum atomic E-state index is -5.03. The zero-order valence-corrected chi connectivity index (χ0v) is 20.7. The molecule has 2 N–H and O–H groups in total. The first-order valence-corrected chi connectivity index (χ1v) is 12.2. The van der Waals surface area contributed by atoms with Crippen LogP contribution >= 0.6 is 0 Å². The zero-order valence-electron chi connectivity index (χ0n) is 20.7. The molecule has 1 aliphatic carbocycles. The van der Waals surface area contributed by atoms with Gasteiger partial charge in [0.05, 0.1) is 29.5 Å². The van der Waals surface area contributed by atoms with Crippen molar-refractivity contribution in [2.45, 2.75) is 70.5 Å². The quantitative estimate of drug-likeness (QED) is 0.442. The maximum absolute atomic E-state index is 13.4. The van der Waals surface area contributed by atoms with Crippen molar-refractivity contribution in [2.24, 2.45) is 5.73 Å². The van der Waals surface area contributed by atoms with Crippen LogP contribution in [0.25, 0.3) is 0 Å². The van der Waals surface area contributed by atoms with Gasteiger partial charge in [0.25, 0.3) is 0 Å². The third-order valence-corrected chi connectivity index (χ3v) is 7.01. The van der Waals surface area contributed by atoms with Crippen LogP contribution in [0, 0.1) is 0 Å². The van der Waals surface area contributed by atoms with Crippen LogP contribution in [0.5, 0.6) is 0 Å². The summed E-state index contributed by atoms with van der Waals surface area (Å²) in [4.78, 5) is 28.1. The highest BCUT2D eigenvalue weighted by atomic mass is 19.4. The van der Waals surface area contributed by atoms with E-state index in [2.05, 4.69) is 0 Å². The second kappa shape index (κ2) is 10.0. The lowest BCUT2D eigenvalue weighted by Gasteiger charge is -2.43. The summed E-state index contributed by atoms with van der Waals surface area (Å²) in [5.74, 6) is 0. The molecule has 0 spiro atoms. The number of carbonyl (C=O) groups is 2. The first-order valence-electron chi connectivity index (χ1n) is 12.2. The van der Waals surface area contributed by atoms with E-state index in [0.29, 0.717) is 29.8 Å². The molecule has 1 heterocycles. The second-order valence-electron chi connectivity index (χ2n) is 9.54. The van der Waals surface area contributed by atoms with E-state index in [1.165, 1.54) is 4.90 Å². The second-order valence-corrected chi connectivity index (χ2v) is 9.54. The zero-order chi connectivity index (χ0) is 28.0. The largest absolute Gasteiger partial charge is 0.449 e. The van der Waals surface area contributed by atoms with Gasteiger partial charge in [-0.3, -0.25) is 4.90 Å². The molecule has 4 rings (SSSR count). The number of carbonyl (C=O) groups excluding carboxylic acids is 2. The minimum Gasteiger partial charge on any atom is -0.449 e. The fourth-order valence-corrected chi connectivity index (χ4v) is 5.40. The van der Waals surface area contributed by atoms with Gasteiger partial charge in [-0.25, -0.2) is 9.59 Å². The highest BCUT2D eigenvalue weighted by Crippen LogP contribution is 2.46. The molecule has 0 saturated heterocycles. The average Bonchev–Trinajstić information content (AvgIpc) is 3.30. The Bertz CT molecular complexity index is 1210. The van der Waals surface area contributed by atoms with Gasteiger partial charge in [0.1, 0.15) is 0 Å². The molecule has 206 valence electrons. The van der Waals surface area contributed by atoms with Crippen molar-refractivity contribution in [1.29, 1.82) is 0 Å². The van der Waals surface area contributed by atoms with Crippen LogP contribution in [0.2, 0.25) is 0 Å². The summed E-state index contributed by atoms with van der Waals surface area (Å²) in [6.45, 7) is 2.97. The Morgan fingerprint density at radius 3 is 2.24 bits per heavy atom. The van der Waals surface area contributed by atoms with Crippen LogP contribution in [-0.4, -0.2) is 29.7 Å². The third-order valence-electron chi connectivity index (χ3n) is 7.01. The van der Waals surface area contributed by atoms with E-state index in [4.69, 9.17) is 10.5 Å². The standard InChI is InChI=1S/C26H27F6N3O3/c1-3-38-24(37)35-14(2)9-21(20-8-7-16-5-4-6-19(16)22(20)35)34(23(33)36)13-15-10-17(25(27,28)29)12-18(11-15)26(30,31)32/h7-8,10-12,14,21H,3-6,9,13H2,1-2H3,(H2,33,36)/t14-,21+/m0/s1. The van der Waals surface area contributed by atoms with Gasteiger partial charge in [-0.2, -0.15) is 26.3 Å². The van der Waals surface area contributed by atoms with Crippen molar-refractivity contribution in [2.75, 3.05) is 11.5 Å². The van der Waals surface area contributed by atoms with Crippen molar-refractivity contribution in [3.05, 3.63) is 63.7 Å². The lowest BCUT2D eigenvalue weighted by molar-refractivity contribution is -0.143. The summed E-state index contributed by atoms with van der Waals surface area (Å²) < 4.78 is 85.8. The van der Waals surface area contributed by atoms with E-state index in [1.54, 1.807) is 19.9 Å². The highest BCUT2D eigenvalue weighted by molar-refractivity contribution is 5.92. The molecule has 1 aliphatic heterocycles. The number of nitrogens with zero attached hydrogens (tertiary/aromatic N) is 2. The summed E-state index contributed by atoms with van der Waals surface area (Å²) in [7, 11) is 0. The first-order chi connectivity index (χ1) is 17.7. The van der Waals surface area contributed by atoms with Crippen molar-refractivity contribution < 1.29 is 40.7 Å². The number of alkyl halides is 6. The molecule has 38 heavy (non-hydrogen) atoms. The van der Waals surface area contributed by atoms with Crippen LogP contribution in [0.4, 0.5) is 41.6 Å². The lowest BCUT2D eigenvalue weighted by atomic mass is 9.87. The SMILES string of the molecule is CCOC(=O)N1c2c(ccc3c2CCC3)[C@H](N(Cc2cc(C(F)(F)F)cc(C(F)(F)F)c2)C(N)=O)C[C@@H]1C. The van der Waals surface area contributed by atoms with Crippen LogP contribution in [-0.2, 0) is 36.5 Å². The summed E-state index contributed by atoms with van der Waals surface area (Å²) >= 11 is 0. The third kappa shape index (κ3) is 5.25. The average molecular weight is 544 g/mol. The Morgan fingerprint density at radius 2 is 1.68 bits per heavy atom. The Labute approximate surface area is 215 Å². The molecular weight excluding hydrogens is 516 g/mol. The number of rotatable bonds is 4. The smallest absolute Gasteiger partial charge is 0.416 e. The number of anilines is 1. The highest BCUT2D eigenvalue weighted by Gasteiger charge is 2.42. The molecule has 2 atom stereocenters. The number of halogens is 6. The molecule has 12 heteroatoms. The van der Waals surface area contributed by atoms with Crippen LogP contribution in [0.15, 0.2) is 30.3 Å². The van der Waals surface area contributed by atoms with E-state index in [-0.39, 0.29) is 24.7 Å². The van der Waals surface area contributed by atoms with Crippen molar-refractivity contribution in [3.63, 3.8) is 0 Å². The van der Waals surface area contributed by atoms with E-state index < -0.39 is 54.2 Å². The molecule has 2 aromatic rings. The molecule has 6 nitrogen and oxygen atoms in total. The Morgan fingerprint density at radius 1 is 1.05 bits per heavy atom. The topological polar surface area (TPSA) is 75.9 Å². The molecule has 0 bridgehead atoms. The number of nitrogens with two attached hydrogens (primary N) is 1. The molecule has 0 radical (unpaired) electrons. The number of primary amides is 1. The molecule has 2 aliphatic rings. The van der Waals surface area contributed by atoms with Crippen molar-refractivity contribution >= 4 is 17.8 Å². The van der Waals surface area contributed by atoms with E-state index >= 15 is 0 Å². The van der Waals surface area contributed by atoms with Crippen LogP contribution < -0.4 is 10.6 Å². The summed E-state index contributed by atoms with van der Waals surface area (Å²) in [6.07, 6.45) is -8.15. The van der Waals surface area contributed by atoms with Crippen molar-refractivity contribution in [1.82, 2.24) is 4.90 Å². The molecule has 0 unspecified atom stereocenters. The maximum Gasteiger partial charge on any atom is 0.416 e. The minimum absolute atomic E-state index is 0.0383. The molecule has 0 saturated carbocycles. The van der Waals surface area contributed by atoms with Gasteiger partial charge < -0.3 is 15.4 Å². The monoisotopic (exact) mass is 543 g/mol. The van der Waals surface area contributed by atoms with E-state index in [0.717, 1.165) is 28.9 Å². The van der Waals surface area contributed by atoms with Gasteiger partial charge in [-0.1, -0.05) is 12.1 Å². The number of urea groups is 1. The normalized spacial score (nSPS) is 19.1. The number of amides is 3. The van der Waals surface area contributed by atoms with Gasteiger partial charge in [0, 0.05) is 12.6 Å². The molecular formula is C26H27F6N3O3. The number of hydrogen-bond donors (Lipinski definition) is 1. The summed E-state index contributed by atoms with van der Waals surface area (Å²) in [6, 6.07) is 2.54. The number of ether oxygens (including phenoxy) is 1. The fourth-order valence-electron chi connectivity index (χ4n) is 5.40. The Balaban J connectivity index is 1.81. The number of aryl methyl sites for hydroxylation is 1. The van der Waals surface area contributed by atoms with E-state index in [9.17, 15) is 35.9 Å². The predicted molar refractivity (Wildman–Crippen MR) is 126 cm³/mol. The Kier molecular flexibility index (Phi) is 7.28. The number of hydrogen-bond acceptors (Lipinski definition) is 3. The molecule has 0 fully saturated rings. The van der Waals surface area contributed by atoms with Gasteiger partial charge >= 0.3 is 24.5 Å². The predicted octanol–water partition coefficient (Wildman–Crippen LogP) is 6.59. The molecule has 0 aromatic heterocycles. The summed E-state index contributed by atoms with van der Waals surface area (Å²) in [5, 5.41) is 0. The van der Waals surface area contributed by atoms with Crippen LogP contribution in [0.1, 0.15) is 66.1 Å². The van der Waals surface area contributed by atoms with Gasteiger partial charge in [-0.15, -0.1) is 0 Å². The van der Waals surface area contributed by atoms with E-state index in [1.807, 2.05) is 6.07 Å². The summed E-state index contributed by atoms with van der Waals surface area (Å²) in [5.41, 5.74) is 5.39. The van der Waals surface area contributed by atoms with Gasteiger partial charge in [-0.05, 0) is 80.0 Å². The van der Waals surface area contributed by atoms with Gasteiger partial charge in [0.15, 0.2) is 0 Å². The van der Waals surface area contributed by atoms with Crippen molar-refractivity contribution in [3.8, 4) is 0 Å². The fraction of sp³-hybridized carbons (Fsp3) is 0.462. The first kappa shape index (κ1) is 27.6. The molecule has 3 amide bonds. The maximum atomic E-state index is 13.4. The number of benzene rings is 2. The number of fused-ring (bicyclic) bond motifs is 3. The van der Waals surface area contributed by atoms with Crippen LogP contribution in [0.3, 0.4) is 0 Å².